The summed E-state index contributed by atoms with van der Waals surface area (Å²) in [6, 6.07) is 10.5. The summed E-state index contributed by atoms with van der Waals surface area (Å²) in [7, 11) is 0. The molecule has 2 aromatic heterocycles. The van der Waals surface area contributed by atoms with E-state index in [9.17, 15) is 19.6 Å². The molecule has 1 aliphatic rings. The average Bonchev–Trinajstić information content (AvgIpc) is 3.33. The SMILES string of the molecule is CCC(=O)C(NC(=O)c1cc2nc(N3CCCCC3)n(Cc3ccccc3C#N)c(=O)c2s1)C(C)C. The topological polar surface area (TPSA) is 108 Å². The number of fused-ring (bicyclic) bond motifs is 1. The molecule has 3 heterocycles. The number of carbonyl (C=O) groups is 2. The van der Waals surface area contributed by atoms with Crippen LogP contribution in [0.1, 0.15) is 67.3 Å². The summed E-state index contributed by atoms with van der Waals surface area (Å²) in [5.41, 5.74) is 1.50. The van der Waals surface area contributed by atoms with Gasteiger partial charge in [0.25, 0.3) is 11.5 Å². The van der Waals surface area contributed by atoms with E-state index in [0.29, 0.717) is 33.0 Å². The Labute approximate surface area is 214 Å². The van der Waals surface area contributed by atoms with Crippen molar-refractivity contribution in [3.63, 3.8) is 0 Å². The van der Waals surface area contributed by atoms with E-state index in [4.69, 9.17) is 4.98 Å². The van der Waals surface area contributed by atoms with Crippen LogP contribution in [-0.4, -0.2) is 40.4 Å². The van der Waals surface area contributed by atoms with Gasteiger partial charge in [-0.05, 0) is 42.9 Å². The molecule has 36 heavy (non-hydrogen) atoms. The van der Waals surface area contributed by atoms with Gasteiger partial charge in [0.1, 0.15) is 4.70 Å². The lowest BCUT2D eigenvalue weighted by molar-refractivity contribution is -0.121. The first-order valence-corrected chi connectivity index (χ1v) is 13.3. The number of thiophene rings is 1. The Hall–Kier alpha value is -3.51. The van der Waals surface area contributed by atoms with Gasteiger partial charge >= 0.3 is 0 Å². The van der Waals surface area contributed by atoms with Crippen molar-refractivity contribution < 1.29 is 9.59 Å². The van der Waals surface area contributed by atoms with Gasteiger partial charge in [0, 0.05) is 19.5 Å². The number of nitrogens with one attached hydrogen (secondary N) is 1. The van der Waals surface area contributed by atoms with Crippen molar-refractivity contribution in [2.75, 3.05) is 18.0 Å². The zero-order valence-electron chi connectivity index (χ0n) is 20.9. The van der Waals surface area contributed by atoms with Crippen molar-refractivity contribution in [3.8, 4) is 6.07 Å². The standard InChI is InChI=1S/C27H31N5O3S/c1-4-21(33)23(17(2)3)30-25(34)22-14-20-24(36-22)26(35)32(16-19-11-7-6-10-18(19)15-28)27(29-20)31-12-8-5-9-13-31/h6-7,10-11,14,17,23H,4-5,8-9,12-13,16H2,1-3H3,(H,30,34). The van der Waals surface area contributed by atoms with Crippen LogP contribution in [0.4, 0.5) is 5.95 Å². The maximum absolute atomic E-state index is 13.8. The Balaban J connectivity index is 1.78. The fourth-order valence-corrected chi connectivity index (χ4v) is 5.53. The molecule has 0 aliphatic carbocycles. The van der Waals surface area contributed by atoms with E-state index in [1.807, 2.05) is 26.0 Å². The van der Waals surface area contributed by atoms with E-state index in [1.165, 1.54) is 0 Å². The molecule has 1 N–H and O–H groups in total. The fourth-order valence-electron chi connectivity index (χ4n) is 4.58. The summed E-state index contributed by atoms with van der Waals surface area (Å²) in [5, 5.41) is 12.4. The molecule has 1 atom stereocenters. The molecule has 9 heteroatoms. The quantitative estimate of drug-likeness (QED) is 0.494. The van der Waals surface area contributed by atoms with Gasteiger partial charge in [0.15, 0.2) is 5.78 Å². The molecule has 1 saturated heterocycles. The molecule has 1 aromatic carbocycles. The van der Waals surface area contributed by atoms with Gasteiger partial charge < -0.3 is 10.2 Å². The number of rotatable bonds is 8. The summed E-state index contributed by atoms with van der Waals surface area (Å²) in [4.78, 5) is 46.5. The number of aromatic nitrogens is 2. The summed E-state index contributed by atoms with van der Waals surface area (Å²) >= 11 is 1.09. The smallest absolute Gasteiger partial charge is 0.273 e. The second-order valence-corrected chi connectivity index (χ2v) is 10.5. The highest BCUT2D eigenvalue weighted by atomic mass is 32.1. The van der Waals surface area contributed by atoms with Crippen molar-refractivity contribution in [2.45, 2.75) is 59.0 Å². The zero-order valence-corrected chi connectivity index (χ0v) is 21.7. The highest BCUT2D eigenvalue weighted by Gasteiger charge is 2.26. The third kappa shape index (κ3) is 5.19. The molecule has 3 aromatic rings. The molecule has 1 aliphatic heterocycles. The number of hydrogen-bond acceptors (Lipinski definition) is 7. The van der Waals surface area contributed by atoms with Crippen molar-refractivity contribution in [2.24, 2.45) is 5.92 Å². The van der Waals surface area contributed by atoms with Gasteiger partial charge in [-0.2, -0.15) is 5.26 Å². The summed E-state index contributed by atoms with van der Waals surface area (Å²) in [6.45, 7) is 7.38. The van der Waals surface area contributed by atoms with Gasteiger partial charge in [-0.3, -0.25) is 19.0 Å². The number of carbonyl (C=O) groups excluding carboxylic acids is 2. The number of ketones is 1. The lowest BCUT2D eigenvalue weighted by Gasteiger charge is -2.29. The van der Waals surface area contributed by atoms with E-state index in [0.717, 1.165) is 49.3 Å². The summed E-state index contributed by atoms with van der Waals surface area (Å²) < 4.78 is 2.01. The minimum Gasteiger partial charge on any atom is -0.342 e. The maximum atomic E-state index is 13.8. The lowest BCUT2D eigenvalue weighted by atomic mass is 9.98. The Bertz CT molecular complexity index is 1380. The third-order valence-electron chi connectivity index (χ3n) is 6.59. The van der Waals surface area contributed by atoms with Crippen molar-refractivity contribution in [3.05, 3.63) is 56.7 Å². The summed E-state index contributed by atoms with van der Waals surface area (Å²) in [6.07, 6.45) is 3.51. The lowest BCUT2D eigenvalue weighted by Crippen LogP contribution is -2.43. The second kappa shape index (κ2) is 11.0. The van der Waals surface area contributed by atoms with E-state index < -0.39 is 6.04 Å². The van der Waals surface area contributed by atoms with Crippen LogP contribution < -0.4 is 15.8 Å². The molecule has 1 fully saturated rings. The Morgan fingerprint density at radius 2 is 1.92 bits per heavy atom. The van der Waals surface area contributed by atoms with Crippen LogP contribution in [-0.2, 0) is 11.3 Å². The van der Waals surface area contributed by atoms with Crippen LogP contribution >= 0.6 is 11.3 Å². The van der Waals surface area contributed by atoms with Gasteiger partial charge in [-0.25, -0.2) is 4.98 Å². The Morgan fingerprint density at radius 3 is 2.58 bits per heavy atom. The van der Waals surface area contributed by atoms with Gasteiger partial charge in [-0.15, -0.1) is 11.3 Å². The molecular weight excluding hydrogens is 474 g/mol. The molecule has 0 bridgehead atoms. The van der Waals surface area contributed by atoms with Crippen molar-refractivity contribution in [1.29, 1.82) is 5.26 Å². The molecule has 188 valence electrons. The molecule has 1 unspecified atom stereocenters. The number of Topliss-reactive ketones (excluding diaryl/α,β-unsaturated/α-hetero) is 1. The van der Waals surface area contributed by atoms with E-state index in [-0.39, 0.29) is 29.7 Å². The first kappa shape index (κ1) is 25.6. The summed E-state index contributed by atoms with van der Waals surface area (Å²) in [5.74, 6) is 0.116. The number of nitrogens with zero attached hydrogens (tertiary/aromatic N) is 4. The Morgan fingerprint density at radius 1 is 1.19 bits per heavy atom. The number of amides is 1. The largest absolute Gasteiger partial charge is 0.342 e. The van der Waals surface area contributed by atoms with E-state index in [1.54, 1.807) is 29.7 Å². The molecule has 1 amide bonds. The second-order valence-electron chi connectivity index (χ2n) is 9.46. The third-order valence-corrected chi connectivity index (χ3v) is 7.70. The zero-order chi connectivity index (χ0) is 25.8. The van der Waals surface area contributed by atoms with E-state index >= 15 is 0 Å². The van der Waals surface area contributed by atoms with Crippen LogP contribution in [0.15, 0.2) is 35.1 Å². The predicted octanol–water partition coefficient (Wildman–Crippen LogP) is 4.10. The van der Waals surface area contributed by atoms with Crippen LogP contribution in [0, 0.1) is 17.2 Å². The highest BCUT2D eigenvalue weighted by Crippen LogP contribution is 2.26. The van der Waals surface area contributed by atoms with Crippen LogP contribution in [0.5, 0.6) is 0 Å². The van der Waals surface area contributed by atoms with Gasteiger partial charge in [-0.1, -0.05) is 39.0 Å². The minimum atomic E-state index is -0.580. The van der Waals surface area contributed by atoms with Gasteiger partial charge in [0.05, 0.1) is 34.6 Å². The maximum Gasteiger partial charge on any atom is 0.273 e. The number of piperidine rings is 1. The molecule has 4 rings (SSSR count). The molecule has 0 saturated carbocycles. The fraction of sp³-hybridized carbons (Fsp3) is 0.444. The Kier molecular flexibility index (Phi) is 7.85. The minimum absolute atomic E-state index is 0.0246. The molecule has 0 spiro atoms. The number of benzene rings is 1. The van der Waals surface area contributed by atoms with Crippen molar-refractivity contribution >= 4 is 39.2 Å². The predicted molar refractivity (Wildman–Crippen MR) is 142 cm³/mol. The monoisotopic (exact) mass is 505 g/mol. The number of hydrogen-bond donors (Lipinski definition) is 1. The highest BCUT2D eigenvalue weighted by molar-refractivity contribution is 7.20. The molecular formula is C27H31N5O3S. The van der Waals surface area contributed by atoms with Crippen LogP contribution in [0.2, 0.25) is 0 Å². The molecule has 8 nitrogen and oxygen atoms in total. The van der Waals surface area contributed by atoms with Gasteiger partial charge in [0.2, 0.25) is 5.95 Å². The number of anilines is 1. The van der Waals surface area contributed by atoms with E-state index in [2.05, 4.69) is 16.3 Å². The van der Waals surface area contributed by atoms with Crippen molar-refractivity contribution in [1.82, 2.24) is 14.9 Å². The normalized spacial score (nSPS) is 14.6. The first-order chi connectivity index (χ1) is 17.3. The first-order valence-electron chi connectivity index (χ1n) is 12.4. The average molecular weight is 506 g/mol. The number of nitriles is 1. The van der Waals surface area contributed by atoms with Crippen LogP contribution in [0.25, 0.3) is 10.2 Å². The van der Waals surface area contributed by atoms with Crippen LogP contribution in [0.3, 0.4) is 0 Å². The molecule has 0 radical (unpaired) electrons.